The van der Waals surface area contributed by atoms with Crippen LogP contribution in [-0.4, -0.2) is 7.05 Å². The van der Waals surface area contributed by atoms with Crippen LogP contribution in [0.25, 0.3) is 0 Å². The Labute approximate surface area is 103 Å². The molecule has 0 radical (unpaired) electrons. The smallest absolute Gasteiger partial charge is 0.0777 e. The van der Waals surface area contributed by atoms with E-state index in [1.807, 2.05) is 14.0 Å². The van der Waals surface area contributed by atoms with Crippen LogP contribution in [0.3, 0.4) is 0 Å². The van der Waals surface area contributed by atoms with Crippen LogP contribution < -0.4 is 5.32 Å². The highest BCUT2D eigenvalue weighted by Crippen LogP contribution is 2.36. The maximum atomic E-state index is 6.27. The summed E-state index contributed by atoms with van der Waals surface area (Å²) in [6, 6.07) is 4.44. The van der Waals surface area contributed by atoms with Gasteiger partial charge < -0.3 is 5.32 Å². The third kappa shape index (κ3) is 2.11. The maximum absolute atomic E-state index is 6.27. The van der Waals surface area contributed by atoms with Crippen molar-refractivity contribution in [3.05, 3.63) is 43.2 Å². The van der Waals surface area contributed by atoms with Crippen LogP contribution in [0.2, 0.25) is 5.02 Å². The van der Waals surface area contributed by atoms with Crippen molar-refractivity contribution < 1.29 is 0 Å². The van der Waals surface area contributed by atoms with E-state index in [1.165, 1.54) is 9.75 Å². The van der Waals surface area contributed by atoms with Crippen LogP contribution in [0.1, 0.15) is 21.4 Å². The van der Waals surface area contributed by atoms with Gasteiger partial charge in [-0.25, -0.2) is 0 Å². The lowest BCUT2D eigenvalue weighted by atomic mass is 10.2. The predicted octanol–water partition coefficient (Wildman–Crippen LogP) is 4.08. The van der Waals surface area contributed by atoms with Crippen LogP contribution in [0.15, 0.2) is 22.9 Å². The molecule has 2 aromatic rings. The van der Waals surface area contributed by atoms with Crippen molar-refractivity contribution in [3.63, 3.8) is 0 Å². The van der Waals surface area contributed by atoms with Gasteiger partial charge in [-0.15, -0.1) is 22.7 Å². The summed E-state index contributed by atoms with van der Waals surface area (Å²) in [5.74, 6) is 0. The zero-order chi connectivity index (χ0) is 10.8. The fourth-order valence-electron chi connectivity index (χ4n) is 1.50. The normalized spacial score (nSPS) is 13.0. The fourth-order valence-corrected chi connectivity index (χ4v) is 3.85. The largest absolute Gasteiger partial charge is 0.308 e. The average molecular weight is 258 g/mol. The van der Waals surface area contributed by atoms with E-state index in [0.717, 1.165) is 10.6 Å². The standard InChI is InChI=1S/C11H12ClNS2/c1-7-6-15-11(9(7)12)10(13-2)8-4-3-5-14-8/h3-6,10,13H,1-2H3. The second-order valence-electron chi connectivity index (χ2n) is 3.33. The fraction of sp³-hybridized carbons (Fsp3) is 0.273. The van der Waals surface area contributed by atoms with E-state index in [-0.39, 0.29) is 6.04 Å². The molecule has 1 N–H and O–H groups in total. The van der Waals surface area contributed by atoms with Crippen LogP contribution in [-0.2, 0) is 0 Å². The summed E-state index contributed by atoms with van der Waals surface area (Å²) in [6.45, 7) is 2.05. The van der Waals surface area contributed by atoms with Gasteiger partial charge in [0.25, 0.3) is 0 Å². The summed E-state index contributed by atoms with van der Waals surface area (Å²) in [7, 11) is 1.97. The Morgan fingerprint density at radius 1 is 1.40 bits per heavy atom. The SMILES string of the molecule is CNC(c1cccs1)c1scc(C)c1Cl. The van der Waals surface area contributed by atoms with Gasteiger partial charge in [0.2, 0.25) is 0 Å². The predicted molar refractivity (Wildman–Crippen MR) is 69.3 cm³/mol. The molecule has 0 fully saturated rings. The second kappa shape index (κ2) is 4.66. The molecule has 2 heterocycles. The molecule has 0 spiro atoms. The summed E-state index contributed by atoms with van der Waals surface area (Å²) >= 11 is 9.75. The quantitative estimate of drug-likeness (QED) is 0.874. The molecule has 0 saturated carbocycles. The van der Waals surface area contributed by atoms with Crippen molar-refractivity contribution in [2.45, 2.75) is 13.0 Å². The van der Waals surface area contributed by atoms with Gasteiger partial charge in [-0.2, -0.15) is 0 Å². The van der Waals surface area contributed by atoms with Crippen LogP contribution in [0.5, 0.6) is 0 Å². The van der Waals surface area contributed by atoms with Gasteiger partial charge in [0, 0.05) is 9.75 Å². The first-order valence-electron chi connectivity index (χ1n) is 4.68. The van der Waals surface area contributed by atoms with Gasteiger partial charge in [-0.05, 0) is 36.4 Å². The molecule has 0 aromatic carbocycles. The summed E-state index contributed by atoms with van der Waals surface area (Å²) in [4.78, 5) is 2.51. The molecule has 0 aliphatic carbocycles. The van der Waals surface area contributed by atoms with E-state index in [2.05, 4.69) is 28.2 Å². The van der Waals surface area contributed by atoms with Gasteiger partial charge in [0.05, 0.1) is 11.1 Å². The Bertz CT molecular complexity index is 433. The summed E-state index contributed by atoms with van der Waals surface area (Å²) in [5.41, 5.74) is 1.16. The maximum Gasteiger partial charge on any atom is 0.0777 e. The van der Waals surface area contributed by atoms with Crippen LogP contribution in [0, 0.1) is 6.92 Å². The Hall–Kier alpha value is -0.350. The molecule has 2 aromatic heterocycles. The molecule has 0 aliphatic heterocycles. The number of rotatable bonds is 3. The molecular formula is C11H12ClNS2. The molecule has 2 rings (SSSR count). The van der Waals surface area contributed by atoms with Gasteiger partial charge >= 0.3 is 0 Å². The van der Waals surface area contributed by atoms with E-state index < -0.39 is 0 Å². The molecule has 1 unspecified atom stereocenters. The summed E-state index contributed by atoms with van der Waals surface area (Å²) in [6.07, 6.45) is 0. The van der Waals surface area contributed by atoms with E-state index in [4.69, 9.17) is 11.6 Å². The molecule has 1 atom stereocenters. The Kier molecular flexibility index (Phi) is 3.46. The van der Waals surface area contributed by atoms with Crippen molar-refractivity contribution in [1.29, 1.82) is 0 Å². The summed E-state index contributed by atoms with van der Waals surface area (Å²) in [5, 5.41) is 8.41. The number of hydrogen-bond acceptors (Lipinski definition) is 3. The first-order valence-corrected chi connectivity index (χ1v) is 6.82. The first-order chi connectivity index (χ1) is 7.24. The van der Waals surface area contributed by atoms with Crippen LogP contribution >= 0.6 is 34.3 Å². The molecule has 0 aliphatic rings. The molecule has 4 heteroatoms. The second-order valence-corrected chi connectivity index (χ2v) is 5.60. The number of thiophene rings is 2. The third-order valence-corrected chi connectivity index (χ3v) is 5.02. The minimum absolute atomic E-state index is 0.233. The molecule has 15 heavy (non-hydrogen) atoms. The van der Waals surface area contributed by atoms with Gasteiger partial charge in [-0.1, -0.05) is 17.7 Å². The molecule has 1 nitrogen and oxygen atoms in total. The van der Waals surface area contributed by atoms with Gasteiger partial charge in [0.15, 0.2) is 0 Å². The van der Waals surface area contributed by atoms with Gasteiger partial charge in [0.1, 0.15) is 0 Å². The number of halogens is 1. The number of nitrogens with one attached hydrogen (secondary N) is 1. The van der Waals surface area contributed by atoms with Crippen molar-refractivity contribution in [2.24, 2.45) is 0 Å². The zero-order valence-electron chi connectivity index (χ0n) is 8.58. The van der Waals surface area contributed by atoms with E-state index in [0.29, 0.717) is 0 Å². The summed E-state index contributed by atoms with van der Waals surface area (Å²) < 4.78 is 0. The highest BCUT2D eigenvalue weighted by atomic mass is 35.5. The first kappa shape index (κ1) is 11.1. The Morgan fingerprint density at radius 3 is 2.67 bits per heavy atom. The Balaban J connectivity index is 2.40. The molecular weight excluding hydrogens is 246 g/mol. The minimum Gasteiger partial charge on any atom is -0.308 e. The van der Waals surface area contributed by atoms with Crippen molar-refractivity contribution in [3.8, 4) is 0 Å². The highest BCUT2D eigenvalue weighted by molar-refractivity contribution is 7.12. The van der Waals surface area contributed by atoms with Crippen molar-refractivity contribution >= 4 is 34.3 Å². The zero-order valence-corrected chi connectivity index (χ0v) is 11.0. The molecule has 80 valence electrons. The lowest BCUT2D eigenvalue weighted by molar-refractivity contribution is 0.716. The average Bonchev–Trinajstić information content (AvgIpc) is 2.84. The number of aryl methyl sites for hydroxylation is 1. The topological polar surface area (TPSA) is 12.0 Å². The highest BCUT2D eigenvalue weighted by Gasteiger charge is 2.18. The van der Waals surface area contributed by atoms with Crippen LogP contribution in [0.4, 0.5) is 0 Å². The Morgan fingerprint density at radius 2 is 2.20 bits per heavy atom. The van der Waals surface area contributed by atoms with E-state index in [1.54, 1.807) is 22.7 Å². The monoisotopic (exact) mass is 257 g/mol. The van der Waals surface area contributed by atoms with Crippen molar-refractivity contribution in [1.82, 2.24) is 5.32 Å². The van der Waals surface area contributed by atoms with E-state index >= 15 is 0 Å². The van der Waals surface area contributed by atoms with Crippen molar-refractivity contribution in [2.75, 3.05) is 7.05 Å². The minimum atomic E-state index is 0.233. The molecule has 0 amide bonds. The molecule has 0 saturated heterocycles. The lowest BCUT2D eigenvalue weighted by Crippen LogP contribution is -2.15. The molecule has 0 bridgehead atoms. The van der Waals surface area contributed by atoms with E-state index in [9.17, 15) is 0 Å². The number of hydrogen-bond donors (Lipinski definition) is 1. The third-order valence-electron chi connectivity index (χ3n) is 2.30. The lowest BCUT2D eigenvalue weighted by Gasteiger charge is -2.13. The van der Waals surface area contributed by atoms with Gasteiger partial charge in [-0.3, -0.25) is 0 Å².